The summed E-state index contributed by atoms with van der Waals surface area (Å²) >= 11 is 6.05. The van der Waals surface area contributed by atoms with Crippen LogP contribution in [-0.2, 0) is 14.6 Å². The lowest BCUT2D eigenvalue weighted by molar-refractivity contribution is -0.117. The van der Waals surface area contributed by atoms with Crippen molar-refractivity contribution < 1.29 is 18.3 Å². The molecule has 0 radical (unpaired) electrons. The van der Waals surface area contributed by atoms with Crippen molar-refractivity contribution in [3.05, 3.63) is 105 Å². The van der Waals surface area contributed by atoms with Crippen molar-refractivity contribution in [2.24, 2.45) is 0 Å². The van der Waals surface area contributed by atoms with Crippen LogP contribution in [0.2, 0.25) is 5.02 Å². The number of amides is 1. The van der Waals surface area contributed by atoms with E-state index in [1.54, 1.807) is 48.5 Å². The number of aryl methyl sites for hydroxylation is 1. The molecule has 1 atom stereocenters. The molecule has 0 saturated carbocycles. The summed E-state index contributed by atoms with van der Waals surface area (Å²) in [5.41, 5.74) is 2.99. The first-order valence-corrected chi connectivity index (χ1v) is 12.4. The minimum atomic E-state index is -4.17. The molecule has 7 heteroatoms. The Bertz CT molecular complexity index is 1330. The highest BCUT2D eigenvalue weighted by molar-refractivity contribution is 7.95. The number of benzene rings is 3. The lowest BCUT2D eigenvalue weighted by Gasteiger charge is -2.27. The van der Waals surface area contributed by atoms with Crippen LogP contribution >= 0.6 is 11.6 Å². The van der Waals surface area contributed by atoms with Gasteiger partial charge in [0.1, 0.15) is 10.9 Å². The van der Waals surface area contributed by atoms with Crippen molar-refractivity contribution in [1.82, 2.24) is 0 Å². The van der Waals surface area contributed by atoms with Crippen LogP contribution in [0.4, 0.5) is 5.69 Å². The van der Waals surface area contributed by atoms with Crippen LogP contribution in [0.25, 0.3) is 0 Å². The first-order valence-electron chi connectivity index (χ1n) is 10.5. The number of carbonyl (C=O) groups is 1. The van der Waals surface area contributed by atoms with Gasteiger partial charge in [-0.3, -0.25) is 9.69 Å². The Hall–Kier alpha value is -3.09. The molecule has 1 aliphatic heterocycles. The average Bonchev–Trinajstić information content (AvgIpc) is 3.06. The van der Waals surface area contributed by atoms with Gasteiger partial charge in [0.05, 0.1) is 4.90 Å². The lowest BCUT2D eigenvalue weighted by atomic mass is 10.0. The number of halogens is 1. The van der Waals surface area contributed by atoms with Gasteiger partial charge in [0.2, 0.25) is 9.84 Å². The summed E-state index contributed by atoms with van der Waals surface area (Å²) in [6.45, 7) is 5.98. The maximum Gasteiger partial charge on any atom is 0.295 e. The molecule has 1 amide bonds. The van der Waals surface area contributed by atoms with Gasteiger partial charge in [-0.15, -0.1) is 0 Å². The fraction of sp³-hybridized carbons (Fsp3) is 0.192. The summed E-state index contributed by atoms with van der Waals surface area (Å²) in [6.07, 6.45) is 0. The molecule has 170 valence electrons. The van der Waals surface area contributed by atoms with E-state index in [0.29, 0.717) is 22.2 Å². The molecule has 1 aliphatic rings. The molecule has 1 N–H and O–H groups in total. The number of hydrogen-bond acceptors (Lipinski definition) is 4. The van der Waals surface area contributed by atoms with Crippen molar-refractivity contribution in [2.45, 2.75) is 37.6 Å². The number of hydrogen-bond donors (Lipinski definition) is 1. The lowest BCUT2D eigenvalue weighted by Crippen LogP contribution is -2.31. The van der Waals surface area contributed by atoms with Crippen LogP contribution < -0.4 is 4.90 Å². The second-order valence-corrected chi connectivity index (χ2v) is 10.8. The number of aliphatic hydroxyl groups excluding tert-OH is 1. The highest BCUT2D eigenvalue weighted by atomic mass is 35.5. The third-order valence-corrected chi connectivity index (χ3v) is 7.95. The monoisotopic (exact) mass is 481 g/mol. The number of anilines is 1. The highest BCUT2D eigenvalue weighted by Gasteiger charge is 2.47. The minimum absolute atomic E-state index is 0.0124. The Morgan fingerprint density at radius 1 is 0.909 bits per heavy atom. The molecule has 0 bridgehead atoms. The molecule has 4 rings (SSSR count). The normalized spacial score (nSPS) is 16.7. The fourth-order valence-corrected chi connectivity index (χ4v) is 5.69. The minimum Gasteiger partial charge on any atom is -0.502 e. The highest BCUT2D eigenvalue weighted by Crippen LogP contribution is 2.45. The van der Waals surface area contributed by atoms with Gasteiger partial charge in [-0.1, -0.05) is 67.4 Å². The van der Waals surface area contributed by atoms with E-state index in [4.69, 9.17) is 11.6 Å². The molecule has 0 aromatic heterocycles. The predicted octanol–water partition coefficient (Wildman–Crippen LogP) is 6.10. The number of aliphatic hydroxyl groups is 1. The van der Waals surface area contributed by atoms with E-state index in [1.807, 2.05) is 19.1 Å². The maximum absolute atomic E-state index is 13.6. The van der Waals surface area contributed by atoms with Gasteiger partial charge in [0.25, 0.3) is 5.91 Å². The van der Waals surface area contributed by atoms with Gasteiger partial charge in [0.15, 0.2) is 5.76 Å². The summed E-state index contributed by atoms with van der Waals surface area (Å²) in [7, 11) is -4.17. The smallest absolute Gasteiger partial charge is 0.295 e. The van der Waals surface area contributed by atoms with Crippen molar-refractivity contribution in [1.29, 1.82) is 0 Å². The van der Waals surface area contributed by atoms with Crippen LogP contribution in [-0.4, -0.2) is 19.4 Å². The van der Waals surface area contributed by atoms with E-state index in [2.05, 4.69) is 13.8 Å². The topological polar surface area (TPSA) is 74.7 Å². The van der Waals surface area contributed by atoms with Gasteiger partial charge < -0.3 is 5.11 Å². The SMILES string of the molecule is Cc1ccc(S(=O)(=O)C2=C(O)C(=O)N(c3ccc(C(C)C)cc3)[C@@H]2c2ccc(Cl)cc2)cc1. The maximum atomic E-state index is 13.6. The third kappa shape index (κ3) is 4.16. The van der Waals surface area contributed by atoms with Crippen LogP contribution in [0, 0.1) is 6.92 Å². The molecular weight excluding hydrogens is 458 g/mol. The van der Waals surface area contributed by atoms with E-state index in [0.717, 1.165) is 11.1 Å². The molecule has 0 unspecified atom stereocenters. The summed E-state index contributed by atoms with van der Waals surface area (Å²) in [6, 6.07) is 19.2. The first-order chi connectivity index (χ1) is 15.6. The van der Waals surface area contributed by atoms with E-state index in [1.165, 1.54) is 17.0 Å². The van der Waals surface area contributed by atoms with Crippen LogP contribution in [0.5, 0.6) is 0 Å². The number of carbonyl (C=O) groups excluding carboxylic acids is 1. The Morgan fingerprint density at radius 2 is 1.48 bits per heavy atom. The van der Waals surface area contributed by atoms with Crippen molar-refractivity contribution in [2.75, 3.05) is 4.90 Å². The Balaban J connectivity index is 1.90. The molecule has 33 heavy (non-hydrogen) atoms. The number of rotatable bonds is 5. The Morgan fingerprint density at radius 3 is 2.03 bits per heavy atom. The van der Waals surface area contributed by atoms with Crippen molar-refractivity contribution in [3.8, 4) is 0 Å². The Labute approximate surface area is 198 Å². The zero-order valence-electron chi connectivity index (χ0n) is 18.5. The van der Waals surface area contributed by atoms with Crippen molar-refractivity contribution in [3.63, 3.8) is 0 Å². The summed E-state index contributed by atoms with van der Waals surface area (Å²) in [4.78, 5) is 14.2. The van der Waals surface area contributed by atoms with Crippen LogP contribution in [0.15, 0.2) is 88.4 Å². The molecule has 0 fully saturated rings. The van der Waals surface area contributed by atoms with Gasteiger partial charge in [-0.05, 0) is 60.4 Å². The first kappa shape index (κ1) is 23.1. The van der Waals surface area contributed by atoms with E-state index in [-0.39, 0.29) is 9.80 Å². The quantitative estimate of drug-likeness (QED) is 0.477. The molecular formula is C26H24ClNO4S. The zero-order valence-corrected chi connectivity index (χ0v) is 20.1. The van der Waals surface area contributed by atoms with Gasteiger partial charge >= 0.3 is 0 Å². The standard InChI is InChI=1S/C26H24ClNO4S/c1-16(2)18-8-12-21(13-9-18)28-23(19-6-10-20(27)11-7-19)25(24(29)26(28)30)33(31,32)22-14-4-17(3)5-15-22/h4-16,23,29H,1-3H3/t23-/m1/s1. The zero-order chi connectivity index (χ0) is 23.9. The summed E-state index contributed by atoms with van der Waals surface area (Å²) < 4.78 is 27.3. The number of sulfone groups is 1. The van der Waals surface area contributed by atoms with Crippen LogP contribution in [0.3, 0.4) is 0 Å². The fourth-order valence-electron chi connectivity index (χ4n) is 3.93. The second-order valence-electron chi connectivity index (χ2n) is 8.40. The third-order valence-electron chi connectivity index (χ3n) is 5.81. The van der Waals surface area contributed by atoms with Crippen LogP contribution in [0.1, 0.15) is 42.5 Å². The Kier molecular flexibility index (Phi) is 6.08. The van der Waals surface area contributed by atoms with Crippen molar-refractivity contribution >= 4 is 33.0 Å². The van der Waals surface area contributed by atoms with E-state index in [9.17, 15) is 18.3 Å². The number of nitrogens with zero attached hydrogens (tertiary/aromatic N) is 1. The largest absolute Gasteiger partial charge is 0.502 e. The van der Waals surface area contributed by atoms with Gasteiger partial charge in [-0.2, -0.15) is 0 Å². The molecule has 3 aromatic carbocycles. The molecule has 0 spiro atoms. The predicted molar refractivity (Wildman–Crippen MR) is 130 cm³/mol. The molecule has 0 saturated heterocycles. The molecule has 1 heterocycles. The van der Waals surface area contributed by atoms with Gasteiger partial charge in [-0.25, -0.2) is 8.42 Å². The average molecular weight is 482 g/mol. The molecule has 0 aliphatic carbocycles. The summed E-state index contributed by atoms with van der Waals surface area (Å²) in [5.74, 6) is -1.24. The van der Waals surface area contributed by atoms with Gasteiger partial charge in [0, 0.05) is 10.7 Å². The second kappa shape index (κ2) is 8.69. The molecule has 3 aromatic rings. The van der Waals surface area contributed by atoms with E-state index < -0.39 is 27.5 Å². The van der Waals surface area contributed by atoms with E-state index >= 15 is 0 Å². The summed E-state index contributed by atoms with van der Waals surface area (Å²) in [5, 5.41) is 11.3. The molecule has 5 nitrogen and oxygen atoms in total.